The molecule has 2 atom stereocenters. The van der Waals surface area contributed by atoms with Crippen LogP contribution in [0.3, 0.4) is 0 Å². The highest BCUT2D eigenvalue weighted by Gasteiger charge is 2.37. The van der Waals surface area contributed by atoms with Crippen LogP contribution in [0, 0.1) is 11.7 Å². The fourth-order valence-electron chi connectivity index (χ4n) is 3.96. The van der Waals surface area contributed by atoms with E-state index in [9.17, 15) is 30.8 Å². The molecule has 2 aliphatic heterocycles. The van der Waals surface area contributed by atoms with Crippen LogP contribution >= 0.6 is 0 Å². The third kappa shape index (κ3) is 5.46. The molecule has 1 amide bonds. The molecule has 0 saturated carbocycles. The first-order valence-electron chi connectivity index (χ1n) is 10.3. The fourth-order valence-corrected chi connectivity index (χ4v) is 7.20. The number of rotatable bonds is 6. The van der Waals surface area contributed by atoms with Crippen molar-refractivity contribution in [1.82, 2.24) is 9.21 Å². The van der Waals surface area contributed by atoms with Gasteiger partial charge in [0, 0.05) is 26.2 Å². The molecule has 0 aliphatic carbocycles. The van der Waals surface area contributed by atoms with Gasteiger partial charge in [0.1, 0.15) is 5.82 Å². The van der Waals surface area contributed by atoms with Gasteiger partial charge < -0.3 is 9.64 Å². The highest BCUT2D eigenvalue weighted by Crippen LogP contribution is 2.25. The van der Waals surface area contributed by atoms with Crippen molar-refractivity contribution in [2.24, 2.45) is 5.92 Å². The molecule has 2 fully saturated rings. The Morgan fingerprint density at radius 3 is 2.28 bits per heavy atom. The van der Waals surface area contributed by atoms with E-state index in [0.717, 1.165) is 12.1 Å². The zero-order chi connectivity index (χ0) is 23.7. The van der Waals surface area contributed by atoms with Gasteiger partial charge in [0.15, 0.2) is 15.9 Å². The molecule has 0 unspecified atom stereocenters. The van der Waals surface area contributed by atoms with Gasteiger partial charge in [-0.25, -0.2) is 21.2 Å². The number of hydrogen-bond acceptors (Lipinski definition) is 7. The zero-order valence-electron chi connectivity index (χ0n) is 17.9. The van der Waals surface area contributed by atoms with Crippen LogP contribution in [0.15, 0.2) is 29.2 Å². The third-order valence-corrected chi connectivity index (χ3v) is 9.65. The van der Waals surface area contributed by atoms with E-state index in [2.05, 4.69) is 0 Å². The molecule has 1 aromatic carbocycles. The first-order chi connectivity index (χ1) is 14.9. The lowest BCUT2D eigenvalue weighted by Gasteiger charge is -2.31. The van der Waals surface area contributed by atoms with Crippen molar-refractivity contribution >= 4 is 31.7 Å². The number of piperidine rings is 1. The molecular formula is C20H27FN2O7S2. The number of halogens is 1. The van der Waals surface area contributed by atoms with Crippen molar-refractivity contribution < 1.29 is 35.6 Å². The number of nitrogens with zero attached hydrogens (tertiary/aromatic N) is 2. The molecule has 12 heteroatoms. The normalized spacial score (nSPS) is 22.9. The summed E-state index contributed by atoms with van der Waals surface area (Å²) in [5.74, 6) is -2.22. The standard InChI is InChI=1S/C20H27FN2O7S2/c1-14(19(24)22(2)17-9-12-31(26,27)13-17)30-20(25)15-7-10-23(11-8-15)32(28,29)18-5-3-16(21)4-6-18/h3-6,14-15,17H,7-13H2,1-2H3/t14-,17-/m0/s1. The number of sulfone groups is 1. The number of ether oxygens (including phenoxy) is 1. The first kappa shape index (κ1) is 24.6. The lowest BCUT2D eigenvalue weighted by molar-refractivity contribution is -0.163. The Balaban J connectivity index is 1.52. The van der Waals surface area contributed by atoms with Crippen LogP contribution < -0.4 is 0 Å². The lowest BCUT2D eigenvalue weighted by Crippen LogP contribution is -2.45. The Morgan fingerprint density at radius 2 is 1.75 bits per heavy atom. The summed E-state index contributed by atoms with van der Waals surface area (Å²) in [5.41, 5.74) is 0. The van der Waals surface area contributed by atoms with E-state index in [1.54, 1.807) is 0 Å². The van der Waals surface area contributed by atoms with Gasteiger partial charge in [-0.2, -0.15) is 4.31 Å². The summed E-state index contributed by atoms with van der Waals surface area (Å²) in [6, 6.07) is 4.11. The molecule has 0 bridgehead atoms. The highest BCUT2D eigenvalue weighted by atomic mass is 32.2. The molecule has 2 saturated heterocycles. The first-order valence-corrected chi connectivity index (χ1v) is 13.6. The second-order valence-electron chi connectivity index (χ2n) is 8.22. The minimum Gasteiger partial charge on any atom is -0.452 e. The summed E-state index contributed by atoms with van der Waals surface area (Å²) in [6.45, 7) is 1.64. The minimum absolute atomic E-state index is 0.0175. The second kappa shape index (κ2) is 9.44. The Labute approximate surface area is 187 Å². The van der Waals surface area contributed by atoms with Gasteiger partial charge in [0.2, 0.25) is 10.0 Å². The van der Waals surface area contributed by atoms with Crippen LogP contribution in [-0.4, -0.2) is 81.7 Å². The van der Waals surface area contributed by atoms with Gasteiger partial charge in [-0.3, -0.25) is 9.59 Å². The molecule has 32 heavy (non-hydrogen) atoms. The van der Waals surface area contributed by atoms with E-state index in [0.29, 0.717) is 6.42 Å². The van der Waals surface area contributed by atoms with Crippen LogP contribution in [0.2, 0.25) is 0 Å². The number of benzene rings is 1. The number of hydrogen-bond donors (Lipinski definition) is 0. The van der Waals surface area contributed by atoms with Crippen molar-refractivity contribution in [2.45, 2.75) is 43.2 Å². The summed E-state index contributed by atoms with van der Waals surface area (Å²) in [7, 11) is -5.45. The smallest absolute Gasteiger partial charge is 0.309 e. The van der Waals surface area contributed by atoms with Crippen molar-refractivity contribution in [1.29, 1.82) is 0 Å². The van der Waals surface area contributed by atoms with Crippen molar-refractivity contribution in [3.63, 3.8) is 0 Å². The lowest BCUT2D eigenvalue weighted by atomic mass is 9.98. The molecule has 2 aliphatic rings. The third-order valence-electron chi connectivity index (χ3n) is 5.98. The van der Waals surface area contributed by atoms with E-state index in [4.69, 9.17) is 4.74 Å². The van der Waals surface area contributed by atoms with Crippen LogP contribution in [0.1, 0.15) is 26.2 Å². The number of carbonyl (C=O) groups is 2. The highest BCUT2D eigenvalue weighted by molar-refractivity contribution is 7.91. The van der Waals surface area contributed by atoms with Gasteiger partial charge in [0.25, 0.3) is 5.91 Å². The minimum atomic E-state index is -3.79. The maximum atomic E-state index is 13.1. The molecule has 1 aromatic rings. The Bertz CT molecular complexity index is 1070. The number of amides is 1. The summed E-state index contributed by atoms with van der Waals surface area (Å²) in [4.78, 5) is 26.4. The summed E-state index contributed by atoms with van der Waals surface area (Å²) >= 11 is 0. The maximum absolute atomic E-state index is 13.1. The van der Waals surface area contributed by atoms with Gasteiger partial charge >= 0.3 is 5.97 Å². The molecule has 0 radical (unpaired) electrons. The van der Waals surface area contributed by atoms with E-state index < -0.39 is 55.6 Å². The van der Waals surface area contributed by atoms with Crippen LogP contribution in [0.5, 0.6) is 0 Å². The average Bonchev–Trinajstić information content (AvgIpc) is 3.12. The van der Waals surface area contributed by atoms with Crippen molar-refractivity contribution in [3.8, 4) is 0 Å². The number of likely N-dealkylation sites (N-methyl/N-ethyl adjacent to an activating group) is 1. The summed E-state index contributed by atoms with van der Waals surface area (Å²) in [6.07, 6.45) is -0.253. The molecule has 178 valence electrons. The largest absolute Gasteiger partial charge is 0.452 e. The van der Waals surface area contributed by atoms with E-state index in [1.165, 1.54) is 35.3 Å². The number of carbonyl (C=O) groups excluding carboxylic acids is 2. The number of sulfonamides is 1. The van der Waals surface area contributed by atoms with E-state index in [-0.39, 0.29) is 42.3 Å². The molecule has 9 nitrogen and oxygen atoms in total. The Hall–Kier alpha value is -2.05. The topological polar surface area (TPSA) is 118 Å². The summed E-state index contributed by atoms with van der Waals surface area (Å²) in [5, 5.41) is 0. The summed E-state index contributed by atoms with van der Waals surface area (Å²) < 4.78 is 68.3. The fraction of sp³-hybridized carbons (Fsp3) is 0.600. The SMILES string of the molecule is C[C@H](OC(=O)C1CCN(S(=O)(=O)c2ccc(F)cc2)CC1)C(=O)N(C)[C@H]1CCS(=O)(=O)C1. The predicted molar refractivity (Wildman–Crippen MR) is 113 cm³/mol. The molecular weight excluding hydrogens is 463 g/mol. The van der Waals surface area contributed by atoms with Crippen LogP contribution in [0.25, 0.3) is 0 Å². The van der Waals surface area contributed by atoms with Crippen molar-refractivity contribution in [2.75, 3.05) is 31.6 Å². The molecule has 2 heterocycles. The zero-order valence-corrected chi connectivity index (χ0v) is 19.6. The molecule has 0 spiro atoms. The van der Waals surface area contributed by atoms with E-state index in [1.807, 2.05) is 0 Å². The van der Waals surface area contributed by atoms with Crippen LogP contribution in [-0.2, 0) is 34.2 Å². The maximum Gasteiger partial charge on any atom is 0.309 e. The predicted octanol–water partition coefficient (Wildman–Crippen LogP) is 0.804. The second-order valence-corrected chi connectivity index (χ2v) is 12.4. The van der Waals surface area contributed by atoms with Gasteiger partial charge in [-0.05, 0) is 50.5 Å². The van der Waals surface area contributed by atoms with Crippen molar-refractivity contribution in [3.05, 3.63) is 30.1 Å². The average molecular weight is 491 g/mol. The monoisotopic (exact) mass is 490 g/mol. The van der Waals surface area contributed by atoms with Gasteiger partial charge in [-0.1, -0.05) is 0 Å². The van der Waals surface area contributed by atoms with Gasteiger partial charge in [-0.15, -0.1) is 0 Å². The molecule has 0 N–H and O–H groups in total. The van der Waals surface area contributed by atoms with E-state index >= 15 is 0 Å². The molecule has 3 rings (SSSR count). The van der Waals surface area contributed by atoms with Crippen LogP contribution in [0.4, 0.5) is 4.39 Å². The Kier molecular flexibility index (Phi) is 7.25. The quantitative estimate of drug-likeness (QED) is 0.541. The number of esters is 1. The Morgan fingerprint density at radius 1 is 1.16 bits per heavy atom. The van der Waals surface area contributed by atoms with Gasteiger partial charge in [0.05, 0.1) is 22.3 Å². The molecule has 0 aromatic heterocycles.